The van der Waals surface area contributed by atoms with Gasteiger partial charge in [-0.1, -0.05) is 17.7 Å². The maximum absolute atomic E-state index is 11.8. The van der Waals surface area contributed by atoms with Gasteiger partial charge in [0.25, 0.3) is 0 Å². The minimum atomic E-state index is -0.455. The number of hydrogen-bond acceptors (Lipinski definition) is 6. The maximum atomic E-state index is 11.8. The van der Waals surface area contributed by atoms with E-state index in [1.807, 2.05) is 18.2 Å². The topological polar surface area (TPSA) is 104 Å². The van der Waals surface area contributed by atoms with Gasteiger partial charge in [-0.2, -0.15) is 5.10 Å². The molecule has 0 unspecified atom stereocenters. The number of benzene rings is 1. The predicted molar refractivity (Wildman–Crippen MR) is 112 cm³/mol. The lowest BCUT2D eigenvalue weighted by Gasteiger charge is -2.31. The Balaban J connectivity index is 1.73. The van der Waals surface area contributed by atoms with Crippen LogP contribution in [0, 0.1) is 0 Å². The van der Waals surface area contributed by atoms with E-state index in [1.54, 1.807) is 24.3 Å². The number of aromatic amines is 1. The van der Waals surface area contributed by atoms with Gasteiger partial charge in [-0.3, -0.25) is 9.89 Å². The molecular formula is C21H22ClN5O3. The highest BCUT2D eigenvalue weighted by atomic mass is 35.5. The molecule has 1 aromatic carbocycles. The molecule has 4 rings (SSSR count). The van der Waals surface area contributed by atoms with E-state index < -0.39 is 6.61 Å². The lowest BCUT2D eigenvalue weighted by molar-refractivity contribution is -0.135. The van der Waals surface area contributed by atoms with E-state index in [2.05, 4.69) is 20.2 Å². The summed E-state index contributed by atoms with van der Waals surface area (Å²) in [7, 11) is 1.58. The zero-order chi connectivity index (χ0) is 21.1. The molecule has 2 N–H and O–H groups in total. The summed E-state index contributed by atoms with van der Waals surface area (Å²) >= 11 is 6.19. The van der Waals surface area contributed by atoms with E-state index in [9.17, 15) is 4.79 Å². The summed E-state index contributed by atoms with van der Waals surface area (Å²) in [4.78, 5) is 22.0. The van der Waals surface area contributed by atoms with Gasteiger partial charge in [-0.25, -0.2) is 9.97 Å². The molecule has 0 radical (unpaired) electrons. The Morgan fingerprint density at radius 2 is 2.13 bits per heavy atom. The van der Waals surface area contributed by atoms with Crippen LogP contribution < -0.4 is 4.74 Å². The fourth-order valence-electron chi connectivity index (χ4n) is 3.88. The molecule has 0 saturated carbocycles. The van der Waals surface area contributed by atoms with Crippen molar-refractivity contribution in [2.45, 2.75) is 18.8 Å². The molecule has 0 bridgehead atoms. The zero-order valence-electron chi connectivity index (χ0n) is 16.5. The largest absolute Gasteiger partial charge is 0.495 e. The van der Waals surface area contributed by atoms with Crippen molar-refractivity contribution in [3.05, 3.63) is 47.5 Å². The number of carbonyl (C=O) groups is 1. The average Bonchev–Trinajstić information content (AvgIpc) is 3.24. The number of aliphatic hydroxyl groups excluding tert-OH is 1. The van der Waals surface area contributed by atoms with Crippen LogP contribution in [-0.2, 0) is 4.79 Å². The molecule has 0 atom stereocenters. The van der Waals surface area contributed by atoms with Crippen LogP contribution in [0.1, 0.15) is 24.5 Å². The monoisotopic (exact) mass is 427 g/mol. The number of piperidine rings is 1. The van der Waals surface area contributed by atoms with Gasteiger partial charge in [0.15, 0.2) is 0 Å². The molecule has 2 aromatic heterocycles. The highest BCUT2D eigenvalue weighted by molar-refractivity contribution is 6.32. The van der Waals surface area contributed by atoms with Crippen LogP contribution in [0.3, 0.4) is 0 Å². The van der Waals surface area contributed by atoms with Gasteiger partial charge in [0.1, 0.15) is 24.4 Å². The van der Waals surface area contributed by atoms with Gasteiger partial charge in [-0.05, 0) is 31.0 Å². The standard InChI is InChI=1S/C21H22ClN5O3/c1-30-17-10-14(2-3-15(17)22)21-19(16-4-7-23-12-24-16)20(25-26-21)13-5-8-27(9-6-13)18(29)11-28/h2-4,7,10,12-13,28H,5-6,8-9,11H2,1H3,(H,25,26). The van der Waals surface area contributed by atoms with Crippen molar-refractivity contribution in [1.82, 2.24) is 25.1 Å². The third-order valence-corrected chi connectivity index (χ3v) is 5.76. The van der Waals surface area contributed by atoms with Crippen LogP contribution >= 0.6 is 11.6 Å². The molecule has 1 aliphatic heterocycles. The van der Waals surface area contributed by atoms with Crippen LogP contribution in [0.15, 0.2) is 36.8 Å². The second kappa shape index (κ2) is 8.81. The SMILES string of the molecule is COc1cc(-c2n[nH]c(C3CCN(C(=O)CO)CC3)c2-c2ccncn2)ccc1Cl. The number of aromatic nitrogens is 4. The Labute approximate surface area is 178 Å². The summed E-state index contributed by atoms with van der Waals surface area (Å²) in [5.41, 5.74) is 4.28. The van der Waals surface area contributed by atoms with Gasteiger partial charge in [-0.15, -0.1) is 0 Å². The van der Waals surface area contributed by atoms with Crippen molar-refractivity contribution in [3.63, 3.8) is 0 Å². The Morgan fingerprint density at radius 3 is 2.80 bits per heavy atom. The van der Waals surface area contributed by atoms with Crippen molar-refractivity contribution < 1.29 is 14.6 Å². The van der Waals surface area contributed by atoms with Crippen LogP contribution in [0.25, 0.3) is 22.5 Å². The summed E-state index contributed by atoms with van der Waals surface area (Å²) in [5.74, 6) is 0.527. The Kier molecular flexibility index (Phi) is 5.96. The molecule has 1 amide bonds. The third-order valence-electron chi connectivity index (χ3n) is 5.45. The number of nitrogens with zero attached hydrogens (tertiary/aromatic N) is 4. The van der Waals surface area contributed by atoms with E-state index in [1.165, 1.54) is 6.33 Å². The second-order valence-electron chi connectivity index (χ2n) is 7.12. The number of halogens is 1. The Bertz CT molecular complexity index is 1030. The highest BCUT2D eigenvalue weighted by Gasteiger charge is 2.29. The highest BCUT2D eigenvalue weighted by Crippen LogP contribution is 2.40. The number of H-pyrrole nitrogens is 1. The number of rotatable bonds is 5. The van der Waals surface area contributed by atoms with Crippen molar-refractivity contribution >= 4 is 17.5 Å². The van der Waals surface area contributed by atoms with Crippen molar-refractivity contribution in [2.24, 2.45) is 0 Å². The van der Waals surface area contributed by atoms with Crippen molar-refractivity contribution in [1.29, 1.82) is 0 Å². The maximum Gasteiger partial charge on any atom is 0.248 e. The summed E-state index contributed by atoms with van der Waals surface area (Å²) < 4.78 is 5.37. The number of carbonyl (C=O) groups excluding carboxylic acids is 1. The number of ether oxygens (including phenoxy) is 1. The summed E-state index contributed by atoms with van der Waals surface area (Å²) in [6, 6.07) is 7.40. The van der Waals surface area contributed by atoms with Gasteiger partial charge in [0.05, 0.1) is 17.8 Å². The smallest absolute Gasteiger partial charge is 0.248 e. The Hall–Kier alpha value is -2.97. The van der Waals surface area contributed by atoms with Crippen LogP contribution in [-0.4, -0.2) is 62.9 Å². The minimum absolute atomic E-state index is 0.188. The zero-order valence-corrected chi connectivity index (χ0v) is 17.3. The van der Waals surface area contributed by atoms with Crippen molar-refractivity contribution in [3.8, 4) is 28.3 Å². The number of hydrogen-bond donors (Lipinski definition) is 2. The first-order valence-electron chi connectivity index (χ1n) is 9.69. The molecule has 0 aliphatic carbocycles. The summed E-state index contributed by atoms with van der Waals surface area (Å²) in [5, 5.41) is 17.5. The minimum Gasteiger partial charge on any atom is -0.495 e. The molecule has 0 spiro atoms. The summed E-state index contributed by atoms with van der Waals surface area (Å²) in [6.45, 7) is 0.732. The number of methoxy groups -OCH3 is 1. The molecule has 9 heteroatoms. The average molecular weight is 428 g/mol. The lowest BCUT2D eigenvalue weighted by atomic mass is 9.89. The molecule has 156 valence electrons. The fraction of sp³-hybridized carbons (Fsp3) is 0.333. The summed E-state index contributed by atoms with van der Waals surface area (Å²) in [6.07, 6.45) is 4.76. The molecule has 1 saturated heterocycles. The van der Waals surface area contributed by atoms with Gasteiger partial charge >= 0.3 is 0 Å². The normalized spacial score (nSPS) is 14.7. The van der Waals surface area contributed by atoms with E-state index in [0.717, 1.165) is 41.1 Å². The van der Waals surface area contributed by atoms with Crippen LogP contribution in [0.4, 0.5) is 0 Å². The van der Waals surface area contributed by atoms with Gasteiger partial charge in [0.2, 0.25) is 5.91 Å². The predicted octanol–water partition coefficient (Wildman–Crippen LogP) is 2.89. The van der Waals surface area contributed by atoms with Crippen LogP contribution in [0.5, 0.6) is 5.75 Å². The number of likely N-dealkylation sites (tertiary alicyclic amines) is 1. The van der Waals surface area contributed by atoms with Crippen molar-refractivity contribution in [2.75, 3.05) is 26.8 Å². The molecule has 8 nitrogen and oxygen atoms in total. The lowest BCUT2D eigenvalue weighted by Crippen LogP contribution is -2.39. The van der Waals surface area contributed by atoms with Crippen LogP contribution in [0.2, 0.25) is 5.02 Å². The van der Waals surface area contributed by atoms with Gasteiger partial charge in [0, 0.05) is 42.0 Å². The number of nitrogens with one attached hydrogen (secondary N) is 1. The van der Waals surface area contributed by atoms with Gasteiger partial charge < -0.3 is 14.7 Å². The number of aliphatic hydroxyl groups is 1. The first kappa shape index (κ1) is 20.3. The molecule has 3 aromatic rings. The fourth-order valence-corrected chi connectivity index (χ4v) is 4.08. The quantitative estimate of drug-likeness (QED) is 0.648. The number of amides is 1. The molecule has 30 heavy (non-hydrogen) atoms. The molecule has 1 aliphatic rings. The second-order valence-corrected chi connectivity index (χ2v) is 7.53. The van der Waals surface area contributed by atoms with E-state index >= 15 is 0 Å². The molecule has 1 fully saturated rings. The molecule has 3 heterocycles. The molecular weight excluding hydrogens is 406 g/mol. The van der Waals surface area contributed by atoms with E-state index in [4.69, 9.17) is 21.4 Å². The van der Waals surface area contributed by atoms with E-state index in [-0.39, 0.29) is 11.8 Å². The third kappa shape index (κ3) is 3.88. The Morgan fingerprint density at radius 1 is 1.33 bits per heavy atom. The van der Waals surface area contributed by atoms with E-state index in [0.29, 0.717) is 23.9 Å². The first-order chi connectivity index (χ1) is 14.6. The first-order valence-corrected chi connectivity index (χ1v) is 10.1.